The molecule has 1 aliphatic heterocycles. The summed E-state index contributed by atoms with van der Waals surface area (Å²) in [5.74, 6) is 1.32. The van der Waals surface area contributed by atoms with Gasteiger partial charge in [-0.25, -0.2) is 13.1 Å². The van der Waals surface area contributed by atoms with Crippen molar-refractivity contribution in [2.24, 2.45) is 0 Å². The van der Waals surface area contributed by atoms with E-state index in [1.165, 1.54) is 0 Å². The normalized spacial score (nSPS) is 16.8. The van der Waals surface area contributed by atoms with Crippen LogP contribution in [0.5, 0.6) is 11.5 Å². The van der Waals surface area contributed by atoms with Gasteiger partial charge in [0.05, 0.1) is 11.4 Å². The molecule has 24 heavy (non-hydrogen) atoms. The summed E-state index contributed by atoms with van der Waals surface area (Å²) >= 11 is 0. The first-order valence-corrected chi connectivity index (χ1v) is 9.54. The van der Waals surface area contributed by atoms with Gasteiger partial charge in [-0.05, 0) is 36.2 Å². The van der Waals surface area contributed by atoms with Gasteiger partial charge in [-0.3, -0.25) is 0 Å². The minimum absolute atomic E-state index is 0.160. The fraction of sp³-hybridized carbons (Fsp3) is 0.333. The lowest BCUT2D eigenvalue weighted by molar-refractivity contribution is 0.0943. The average molecular weight is 347 g/mol. The fourth-order valence-corrected chi connectivity index (χ4v) is 3.64. The van der Waals surface area contributed by atoms with Gasteiger partial charge < -0.3 is 9.47 Å². The van der Waals surface area contributed by atoms with Gasteiger partial charge in [0.15, 0.2) is 11.5 Å². The van der Waals surface area contributed by atoms with Crippen LogP contribution >= 0.6 is 0 Å². The lowest BCUT2D eigenvalue weighted by atomic mass is 10.1. The number of sulfonamides is 1. The van der Waals surface area contributed by atoms with Crippen LogP contribution < -0.4 is 14.2 Å². The molecule has 3 rings (SSSR count). The lowest BCUT2D eigenvalue weighted by Crippen LogP contribution is -2.40. The van der Waals surface area contributed by atoms with E-state index in [0.717, 1.165) is 18.4 Å². The van der Waals surface area contributed by atoms with Crippen molar-refractivity contribution in [2.45, 2.75) is 30.8 Å². The van der Waals surface area contributed by atoms with Crippen LogP contribution in [0.2, 0.25) is 0 Å². The highest BCUT2D eigenvalue weighted by molar-refractivity contribution is 7.89. The number of para-hydroxylation sites is 2. The van der Waals surface area contributed by atoms with Crippen LogP contribution in [0.25, 0.3) is 0 Å². The number of benzene rings is 2. The molecular weight excluding hydrogens is 326 g/mol. The van der Waals surface area contributed by atoms with E-state index in [1.807, 2.05) is 36.4 Å². The molecule has 0 bridgehead atoms. The first-order valence-electron chi connectivity index (χ1n) is 8.05. The summed E-state index contributed by atoms with van der Waals surface area (Å²) in [5, 5.41) is 0. The van der Waals surface area contributed by atoms with Gasteiger partial charge in [-0.1, -0.05) is 37.6 Å². The van der Waals surface area contributed by atoms with Crippen molar-refractivity contribution in [3.63, 3.8) is 0 Å². The van der Waals surface area contributed by atoms with Crippen LogP contribution in [0.3, 0.4) is 0 Å². The van der Waals surface area contributed by atoms with Crippen LogP contribution in [-0.4, -0.2) is 27.7 Å². The third-order valence-electron chi connectivity index (χ3n) is 3.84. The molecule has 0 spiro atoms. The largest absolute Gasteiger partial charge is 0.486 e. The van der Waals surface area contributed by atoms with E-state index in [-0.39, 0.29) is 17.5 Å². The highest BCUT2D eigenvalue weighted by Crippen LogP contribution is 2.30. The topological polar surface area (TPSA) is 64.6 Å². The van der Waals surface area contributed by atoms with Gasteiger partial charge in [0.25, 0.3) is 0 Å². The molecule has 1 aliphatic rings. The van der Waals surface area contributed by atoms with Gasteiger partial charge in [-0.2, -0.15) is 0 Å². The SMILES string of the molecule is CCCc1ccc(S(=O)(=O)NCC2COc3ccccc3O2)cc1. The standard InChI is InChI=1S/C18H21NO4S/c1-2-5-14-8-10-16(11-9-14)24(20,21)19-12-15-13-22-17-6-3-4-7-18(17)23-15/h3-4,6-11,15,19H,2,5,12-13H2,1H3. The van der Waals surface area contributed by atoms with E-state index in [0.29, 0.717) is 18.1 Å². The molecule has 0 radical (unpaired) electrons. The Bertz CT molecular complexity index is 787. The van der Waals surface area contributed by atoms with Gasteiger partial charge in [0, 0.05) is 0 Å². The van der Waals surface area contributed by atoms with Crippen molar-refractivity contribution < 1.29 is 17.9 Å². The Morgan fingerprint density at radius 2 is 1.79 bits per heavy atom. The molecule has 0 saturated carbocycles. The molecule has 1 unspecified atom stereocenters. The zero-order valence-corrected chi connectivity index (χ0v) is 14.4. The number of hydrogen-bond acceptors (Lipinski definition) is 4. The van der Waals surface area contributed by atoms with E-state index in [9.17, 15) is 8.42 Å². The molecule has 0 amide bonds. The summed E-state index contributed by atoms with van der Waals surface area (Å²) in [6.07, 6.45) is 1.62. The highest BCUT2D eigenvalue weighted by atomic mass is 32.2. The second kappa shape index (κ2) is 7.23. The van der Waals surface area contributed by atoms with E-state index in [1.54, 1.807) is 12.1 Å². The van der Waals surface area contributed by atoms with Gasteiger partial charge in [0.2, 0.25) is 10.0 Å². The summed E-state index contributed by atoms with van der Waals surface area (Å²) in [6, 6.07) is 14.3. The Morgan fingerprint density at radius 3 is 2.50 bits per heavy atom. The number of fused-ring (bicyclic) bond motifs is 1. The molecule has 1 atom stereocenters. The fourth-order valence-electron chi connectivity index (χ4n) is 2.57. The molecule has 0 saturated heterocycles. The smallest absolute Gasteiger partial charge is 0.240 e. The van der Waals surface area contributed by atoms with E-state index in [2.05, 4.69) is 11.6 Å². The maximum absolute atomic E-state index is 12.4. The quantitative estimate of drug-likeness (QED) is 0.873. The summed E-state index contributed by atoms with van der Waals surface area (Å²) in [6.45, 7) is 2.57. The Balaban J connectivity index is 1.61. The number of hydrogen-bond donors (Lipinski definition) is 1. The summed E-state index contributed by atoms with van der Waals surface area (Å²) < 4.78 is 38.7. The Morgan fingerprint density at radius 1 is 1.08 bits per heavy atom. The second-order valence-electron chi connectivity index (χ2n) is 5.74. The molecule has 0 fully saturated rings. The van der Waals surface area contributed by atoms with E-state index >= 15 is 0 Å². The van der Waals surface area contributed by atoms with Crippen molar-refractivity contribution in [3.05, 3.63) is 54.1 Å². The molecule has 2 aromatic rings. The Kier molecular flexibility index (Phi) is 5.06. The minimum Gasteiger partial charge on any atom is -0.486 e. The monoisotopic (exact) mass is 347 g/mol. The first kappa shape index (κ1) is 16.8. The predicted molar refractivity (Wildman–Crippen MR) is 92.0 cm³/mol. The number of nitrogens with one attached hydrogen (secondary N) is 1. The molecule has 5 nitrogen and oxygen atoms in total. The van der Waals surface area contributed by atoms with Gasteiger partial charge >= 0.3 is 0 Å². The maximum atomic E-state index is 12.4. The number of rotatable bonds is 6. The molecule has 1 heterocycles. The van der Waals surface area contributed by atoms with Crippen molar-refractivity contribution in [1.29, 1.82) is 0 Å². The van der Waals surface area contributed by atoms with Gasteiger partial charge in [0.1, 0.15) is 12.7 Å². The molecule has 0 aliphatic carbocycles. The summed E-state index contributed by atoms with van der Waals surface area (Å²) in [4.78, 5) is 0.263. The van der Waals surface area contributed by atoms with E-state index < -0.39 is 10.0 Å². The third kappa shape index (κ3) is 3.88. The van der Waals surface area contributed by atoms with Crippen molar-refractivity contribution in [1.82, 2.24) is 4.72 Å². The lowest BCUT2D eigenvalue weighted by Gasteiger charge is -2.26. The van der Waals surface area contributed by atoms with Gasteiger partial charge in [-0.15, -0.1) is 0 Å². The van der Waals surface area contributed by atoms with Crippen LogP contribution in [-0.2, 0) is 16.4 Å². The molecule has 1 N–H and O–H groups in total. The van der Waals surface area contributed by atoms with Crippen LogP contribution in [0, 0.1) is 0 Å². The predicted octanol–water partition coefficient (Wildman–Crippen LogP) is 2.76. The van der Waals surface area contributed by atoms with E-state index in [4.69, 9.17) is 9.47 Å². The summed E-state index contributed by atoms with van der Waals surface area (Å²) in [7, 11) is -3.55. The summed E-state index contributed by atoms with van der Waals surface area (Å²) in [5.41, 5.74) is 1.14. The zero-order chi connectivity index (χ0) is 17.0. The molecule has 6 heteroatoms. The highest BCUT2D eigenvalue weighted by Gasteiger charge is 2.23. The van der Waals surface area contributed by atoms with Crippen LogP contribution in [0.15, 0.2) is 53.4 Å². The molecule has 0 aromatic heterocycles. The Labute approximate surface area is 142 Å². The maximum Gasteiger partial charge on any atom is 0.240 e. The van der Waals surface area contributed by atoms with Crippen LogP contribution in [0.1, 0.15) is 18.9 Å². The zero-order valence-electron chi connectivity index (χ0n) is 13.6. The van der Waals surface area contributed by atoms with Crippen molar-refractivity contribution >= 4 is 10.0 Å². The average Bonchev–Trinajstić information content (AvgIpc) is 2.61. The second-order valence-corrected chi connectivity index (χ2v) is 7.51. The van der Waals surface area contributed by atoms with Crippen molar-refractivity contribution in [2.75, 3.05) is 13.2 Å². The molecular formula is C18H21NO4S. The molecule has 2 aromatic carbocycles. The third-order valence-corrected chi connectivity index (χ3v) is 5.28. The first-order chi connectivity index (χ1) is 11.6. The Hall–Kier alpha value is -2.05. The number of ether oxygens (including phenoxy) is 2. The van der Waals surface area contributed by atoms with Crippen molar-refractivity contribution in [3.8, 4) is 11.5 Å². The minimum atomic E-state index is -3.55. The molecule has 128 valence electrons. The number of aryl methyl sites for hydroxylation is 1. The van der Waals surface area contributed by atoms with Crippen LogP contribution in [0.4, 0.5) is 0 Å².